The Bertz CT molecular complexity index is 405. The summed E-state index contributed by atoms with van der Waals surface area (Å²) >= 11 is 0. The molecule has 4 heteroatoms. The second-order valence-corrected chi connectivity index (χ2v) is 4.34. The quantitative estimate of drug-likeness (QED) is 0.747. The van der Waals surface area contributed by atoms with E-state index in [-0.39, 0.29) is 0 Å². The van der Waals surface area contributed by atoms with Gasteiger partial charge in [-0.25, -0.2) is 4.98 Å². The van der Waals surface area contributed by atoms with E-state index in [9.17, 15) is 0 Å². The molecule has 2 aliphatic heterocycles. The van der Waals surface area contributed by atoms with Gasteiger partial charge < -0.3 is 10.1 Å². The van der Waals surface area contributed by atoms with Crippen molar-refractivity contribution >= 4 is 0 Å². The molecule has 3 rings (SSSR count). The smallest absolute Gasteiger partial charge is 0.221 e. The predicted molar refractivity (Wildman–Crippen MR) is 55.9 cm³/mol. The van der Waals surface area contributed by atoms with Crippen LogP contribution in [0.25, 0.3) is 0 Å². The minimum absolute atomic E-state index is 0.411. The second kappa shape index (κ2) is 3.17. The minimum atomic E-state index is 0.411. The van der Waals surface area contributed by atoms with Gasteiger partial charge in [-0.2, -0.15) is 4.98 Å². The summed E-state index contributed by atoms with van der Waals surface area (Å²) in [5.74, 6) is 1.57. The topological polar surface area (TPSA) is 47.0 Å². The van der Waals surface area contributed by atoms with Crippen molar-refractivity contribution in [3.05, 3.63) is 17.1 Å². The normalized spacial score (nSPS) is 27.6. The van der Waals surface area contributed by atoms with Crippen molar-refractivity contribution in [1.82, 2.24) is 15.3 Å². The maximum absolute atomic E-state index is 5.35. The van der Waals surface area contributed by atoms with Gasteiger partial charge in [-0.05, 0) is 19.8 Å². The molecule has 4 nitrogen and oxygen atoms in total. The number of rotatable bonds is 1. The van der Waals surface area contributed by atoms with Crippen molar-refractivity contribution in [2.45, 2.75) is 38.3 Å². The van der Waals surface area contributed by atoms with E-state index in [2.05, 4.69) is 15.3 Å². The average molecular weight is 205 g/mol. The highest BCUT2D eigenvalue weighted by Crippen LogP contribution is 2.39. The van der Waals surface area contributed by atoms with Gasteiger partial charge in [0.25, 0.3) is 0 Å². The van der Waals surface area contributed by atoms with Crippen LogP contribution in [0.15, 0.2) is 0 Å². The minimum Gasteiger partial charge on any atom is -0.481 e. The lowest BCUT2D eigenvalue weighted by molar-refractivity contribution is 0.374. The lowest BCUT2D eigenvalue weighted by Crippen LogP contribution is -2.33. The monoisotopic (exact) mass is 205 g/mol. The van der Waals surface area contributed by atoms with E-state index in [1.807, 2.05) is 6.92 Å². The van der Waals surface area contributed by atoms with Crippen molar-refractivity contribution < 1.29 is 4.74 Å². The molecule has 2 unspecified atom stereocenters. The number of ether oxygens (including phenoxy) is 1. The molecule has 15 heavy (non-hydrogen) atoms. The summed E-state index contributed by atoms with van der Waals surface area (Å²) in [7, 11) is 1.68. The highest BCUT2D eigenvalue weighted by molar-refractivity contribution is 5.38. The fourth-order valence-electron chi connectivity index (χ4n) is 2.71. The molecule has 80 valence electrons. The highest BCUT2D eigenvalue weighted by Gasteiger charge is 2.35. The van der Waals surface area contributed by atoms with Gasteiger partial charge in [-0.3, -0.25) is 0 Å². The van der Waals surface area contributed by atoms with Crippen LogP contribution in [0.1, 0.15) is 36.0 Å². The van der Waals surface area contributed by atoms with Crippen molar-refractivity contribution in [2.24, 2.45) is 0 Å². The van der Waals surface area contributed by atoms with E-state index >= 15 is 0 Å². The molecule has 1 aromatic rings. The van der Waals surface area contributed by atoms with Crippen LogP contribution in [0, 0.1) is 6.92 Å². The molecule has 2 atom stereocenters. The van der Waals surface area contributed by atoms with Crippen LogP contribution in [0.4, 0.5) is 0 Å². The first-order chi connectivity index (χ1) is 7.28. The summed E-state index contributed by atoms with van der Waals surface area (Å²) in [5.41, 5.74) is 2.38. The summed E-state index contributed by atoms with van der Waals surface area (Å²) < 4.78 is 5.35. The van der Waals surface area contributed by atoms with Gasteiger partial charge in [0, 0.05) is 18.5 Å². The Labute approximate surface area is 89.1 Å². The van der Waals surface area contributed by atoms with Crippen LogP contribution < -0.4 is 10.1 Å². The van der Waals surface area contributed by atoms with E-state index in [1.54, 1.807) is 7.11 Å². The average Bonchev–Trinajstić information content (AvgIpc) is 2.59. The summed E-state index contributed by atoms with van der Waals surface area (Å²) in [6.45, 7) is 1.92. The number of nitrogens with zero attached hydrogens (tertiary/aromatic N) is 2. The van der Waals surface area contributed by atoms with Crippen LogP contribution in [0.5, 0.6) is 5.88 Å². The Kier molecular flexibility index (Phi) is 1.92. The Morgan fingerprint density at radius 3 is 3.00 bits per heavy atom. The van der Waals surface area contributed by atoms with Crippen molar-refractivity contribution in [3.63, 3.8) is 0 Å². The number of aromatic nitrogens is 2. The maximum atomic E-state index is 5.35. The molecule has 0 aromatic carbocycles. The fraction of sp³-hybridized carbons (Fsp3) is 0.636. The number of fused-ring (bicyclic) bond motifs is 4. The molecule has 1 saturated heterocycles. The van der Waals surface area contributed by atoms with Gasteiger partial charge in [-0.15, -0.1) is 0 Å². The Morgan fingerprint density at radius 2 is 2.20 bits per heavy atom. The molecule has 0 radical (unpaired) electrons. The third-order valence-electron chi connectivity index (χ3n) is 3.32. The molecule has 3 heterocycles. The van der Waals surface area contributed by atoms with Crippen LogP contribution in [-0.4, -0.2) is 23.1 Å². The SMILES string of the molecule is COc1nc(C)nc2c1C1CCC(C2)N1. The van der Waals surface area contributed by atoms with Crippen molar-refractivity contribution in [3.8, 4) is 5.88 Å². The zero-order chi connectivity index (χ0) is 10.4. The van der Waals surface area contributed by atoms with Crippen LogP contribution in [-0.2, 0) is 6.42 Å². The van der Waals surface area contributed by atoms with Gasteiger partial charge in [0.2, 0.25) is 5.88 Å². The zero-order valence-corrected chi connectivity index (χ0v) is 9.08. The molecule has 2 aliphatic rings. The molecule has 1 fully saturated rings. The van der Waals surface area contributed by atoms with Gasteiger partial charge in [0.1, 0.15) is 5.82 Å². The fourth-order valence-corrected chi connectivity index (χ4v) is 2.71. The summed E-state index contributed by atoms with van der Waals surface area (Å²) in [6, 6.07) is 1.02. The molecule has 0 aliphatic carbocycles. The zero-order valence-electron chi connectivity index (χ0n) is 9.08. The second-order valence-electron chi connectivity index (χ2n) is 4.34. The summed E-state index contributed by atoms with van der Waals surface area (Å²) in [5, 5.41) is 3.58. The Hall–Kier alpha value is -1.16. The number of hydrogen-bond donors (Lipinski definition) is 1. The van der Waals surface area contributed by atoms with Gasteiger partial charge in [0.15, 0.2) is 0 Å². The van der Waals surface area contributed by atoms with Crippen molar-refractivity contribution in [1.29, 1.82) is 0 Å². The van der Waals surface area contributed by atoms with Gasteiger partial charge in [-0.1, -0.05) is 0 Å². The number of hydrogen-bond acceptors (Lipinski definition) is 4. The predicted octanol–water partition coefficient (Wildman–Crippen LogP) is 1.14. The first-order valence-electron chi connectivity index (χ1n) is 5.45. The lowest BCUT2D eigenvalue weighted by atomic mass is 10.0. The summed E-state index contributed by atoms with van der Waals surface area (Å²) in [6.07, 6.45) is 3.44. The maximum Gasteiger partial charge on any atom is 0.221 e. The highest BCUT2D eigenvalue weighted by atomic mass is 16.5. The van der Waals surface area contributed by atoms with E-state index in [4.69, 9.17) is 4.74 Å². The third-order valence-corrected chi connectivity index (χ3v) is 3.32. The molecular formula is C11H15N3O. The van der Waals surface area contributed by atoms with Crippen LogP contribution >= 0.6 is 0 Å². The molecule has 1 aromatic heterocycles. The van der Waals surface area contributed by atoms with E-state index in [0.717, 1.165) is 18.1 Å². The standard InChI is InChI=1S/C11H15N3O/c1-6-12-9-5-7-3-4-8(14-7)10(9)11(13-6)15-2/h7-8,14H,3-5H2,1-2H3. The largest absolute Gasteiger partial charge is 0.481 e. The molecule has 0 spiro atoms. The lowest BCUT2D eigenvalue weighted by Gasteiger charge is -2.25. The number of methoxy groups -OCH3 is 1. The Balaban J connectivity index is 2.16. The van der Waals surface area contributed by atoms with Crippen molar-refractivity contribution in [2.75, 3.05) is 7.11 Å². The molecule has 2 bridgehead atoms. The third kappa shape index (κ3) is 1.32. The molecule has 0 saturated carbocycles. The van der Waals surface area contributed by atoms with Gasteiger partial charge in [0.05, 0.1) is 18.4 Å². The number of nitrogens with one attached hydrogen (secondary N) is 1. The van der Waals surface area contributed by atoms with E-state index in [1.165, 1.54) is 24.1 Å². The molecule has 1 N–H and O–H groups in total. The van der Waals surface area contributed by atoms with E-state index in [0.29, 0.717) is 12.1 Å². The van der Waals surface area contributed by atoms with Crippen LogP contribution in [0.2, 0.25) is 0 Å². The molecular weight excluding hydrogens is 190 g/mol. The van der Waals surface area contributed by atoms with Crippen LogP contribution in [0.3, 0.4) is 0 Å². The summed E-state index contributed by atoms with van der Waals surface area (Å²) in [4.78, 5) is 8.88. The van der Waals surface area contributed by atoms with Gasteiger partial charge >= 0.3 is 0 Å². The number of aryl methyl sites for hydroxylation is 1. The molecule has 0 amide bonds. The first-order valence-corrected chi connectivity index (χ1v) is 5.45. The first kappa shape index (κ1) is 9.09. The van der Waals surface area contributed by atoms with E-state index < -0.39 is 0 Å². The Morgan fingerprint density at radius 1 is 1.33 bits per heavy atom.